The Morgan fingerprint density at radius 2 is 2.35 bits per heavy atom. The Kier molecular flexibility index (Phi) is 3.64. The van der Waals surface area contributed by atoms with Crippen molar-refractivity contribution in [2.45, 2.75) is 37.3 Å². The molecule has 1 aliphatic carbocycles. The largest absolute Gasteiger partial charge is 0.384 e. The van der Waals surface area contributed by atoms with Gasteiger partial charge >= 0.3 is 0 Å². The number of anilines is 1. The van der Waals surface area contributed by atoms with Crippen LogP contribution in [0.4, 0.5) is 5.82 Å². The average molecular weight is 235 g/mol. The van der Waals surface area contributed by atoms with Gasteiger partial charge in [-0.2, -0.15) is 0 Å². The maximum absolute atomic E-state index is 5.72. The van der Waals surface area contributed by atoms with Crippen molar-refractivity contribution >= 4 is 5.82 Å². The zero-order valence-electron chi connectivity index (χ0n) is 10.6. The van der Waals surface area contributed by atoms with Gasteiger partial charge in [0.2, 0.25) is 0 Å². The Balaban J connectivity index is 2.09. The molecule has 1 aromatic rings. The maximum atomic E-state index is 5.72. The molecule has 1 aliphatic rings. The lowest BCUT2D eigenvalue weighted by atomic mass is 9.72. The molecule has 0 spiro atoms. The molecule has 0 amide bonds. The van der Waals surface area contributed by atoms with Gasteiger partial charge in [-0.1, -0.05) is 0 Å². The smallest absolute Gasteiger partial charge is 0.123 e. The van der Waals surface area contributed by atoms with Crippen LogP contribution in [0.2, 0.25) is 0 Å². The molecule has 0 aliphatic heterocycles. The summed E-state index contributed by atoms with van der Waals surface area (Å²) in [6.07, 6.45) is 6.21. The molecule has 1 saturated carbocycles. The first kappa shape index (κ1) is 12.3. The summed E-state index contributed by atoms with van der Waals surface area (Å²) in [4.78, 5) is 4.02. The summed E-state index contributed by atoms with van der Waals surface area (Å²) in [5.74, 6) is 0.581. The molecule has 17 heavy (non-hydrogen) atoms. The van der Waals surface area contributed by atoms with Crippen molar-refractivity contribution in [3.8, 4) is 0 Å². The lowest BCUT2D eigenvalue weighted by Gasteiger charge is -2.46. The van der Waals surface area contributed by atoms with E-state index in [4.69, 9.17) is 10.5 Å². The molecule has 4 nitrogen and oxygen atoms in total. The van der Waals surface area contributed by atoms with Gasteiger partial charge in [-0.15, -0.1) is 0 Å². The van der Waals surface area contributed by atoms with E-state index < -0.39 is 0 Å². The van der Waals surface area contributed by atoms with Crippen molar-refractivity contribution in [2.24, 2.45) is 0 Å². The summed E-state index contributed by atoms with van der Waals surface area (Å²) in [5.41, 5.74) is 6.92. The number of pyridine rings is 1. The van der Waals surface area contributed by atoms with Crippen LogP contribution in [0.5, 0.6) is 0 Å². The Morgan fingerprint density at radius 1 is 1.59 bits per heavy atom. The summed E-state index contributed by atoms with van der Waals surface area (Å²) in [7, 11) is 3.80. The molecule has 4 heteroatoms. The number of nitrogen functional groups attached to an aromatic ring is 1. The summed E-state index contributed by atoms with van der Waals surface area (Å²) < 4.78 is 5.72. The van der Waals surface area contributed by atoms with Crippen LogP contribution in [0.15, 0.2) is 18.3 Å². The van der Waals surface area contributed by atoms with E-state index in [1.54, 1.807) is 6.20 Å². The molecule has 0 aromatic carbocycles. The van der Waals surface area contributed by atoms with Crippen LogP contribution in [0.3, 0.4) is 0 Å². The van der Waals surface area contributed by atoms with E-state index >= 15 is 0 Å². The number of methoxy groups -OCH3 is 1. The first-order valence-corrected chi connectivity index (χ1v) is 6.13. The molecule has 2 rings (SSSR count). The minimum absolute atomic E-state index is 0.00673. The van der Waals surface area contributed by atoms with Gasteiger partial charge in [0.1, 0.15) is 5.82 Å². The van der Waals surface area contributed by atoms with E-state index in [0.29, 0.717) is 11.9 Å². The van der Waals surface area contributed by atoms with E-state index in [9.17, 15) is 0 Å². The number of rotatable bonds is 5. The van der Waals surface area contributed by atoms with Gasteiger partial charge in [0.15, 0.2) is 0 Å². The Hall–Kier alpha value is -1.13. The number of hydrogen-bond acceptors (Lipinski definition) is 4. The third kappa shape index (κ3) is 2.42. The molecule has 0 saturated heterocycles. The van der Waals surface area contributed by atoms with Gasteiger partial charge in [-0.05, 0) is 50.4 Å². The normalized spacial score (nSPS) is 19.6. The molecule has 1 atom stereocenters. The Morgan fingerprint density at radius 3 is 2.82 bits per heavy atom. The van der Waals surface area contributed by atoms with Crippen LogP contribution in [0.25, 0.3) is 0 Å². The highest BCUT2D eigenvalue weighted by Gasteiger charge is 2.43. The van der Waals surface area contributed by atoms with Crippen LogP contribution in [0, 0.1) is 0 Å². The fourth-order valence-electron chi connectivity index (χ4n) is 2.63. The zero-order chi connectivity index (χ0) is 12.3. The molecular weight excluding hydrogens is 214 g/mol. The molecule has 1 unspecified atom stereocenters. The third-order valence-electron chi connectivity index (χ3n) is 3.88. The van der Waals surface area contributed by atoms with Crippen molar-refractivity contribution < 1.29 is 4.74 Å². The van der Waals surface area contributed by atoms with Gasteiger partial charge in [-0.3, -0.25) is 0 Å². The van der Waals surface area contributed by atoms with Gasteiger partial charge < -0.3 is 15.8 Å². The molecule has 3 N–H and O–H groups in total. The molecule has 1 fully saturated rings. The van der Waals surface area contributed by atoms with Crippen molar-refractivity contribution in [1.29, 1.82) is 0 Å². The van der Waals surface area contributed by atoms with E-state index in [1.165, 1.54) is 12.0 Å². The van der Waals surface area contributed by atoms with E-state index in [-0.39, 0.29) is 5.60 Å². The number of ether oxygens (including phenoxy) is 1. The number of nitrogens with zero attached hydrogens (tertiary/aromatic N) is 1. The van der Waals surface area contributed by atoms with E-state index in [1.807, 2.05) is 26.3 Å². The Labute approximate surface area is 103 Å². The predicted octanol–water partition coefficient (Wildman–Crippen LogP) is 1.36. The molecule has 94 valence electrons. The minimum atomic E-state index is 0.00673. The van der Waals surface area contributed by atoms with Gasteiger partial charge in [-0.25, -0.2) is 4.98 Å². The van der Waals surface area contributed by atoms with E-state index in [0.717, 1.165) is 19.3 Å². The fraction of sp³-hybridized carbons (Fsp3) is 0.615. The van der Waals surface area contributed by atoms with Crippen LogP contribution in [-0.2, 0) is 11.2 Å². The fourth-order valence-corrected chi connectivity index (χ4v) is 2.63. The summed E-state index contributed by atoms with van der Waals surface area (Å²) in [6.45, 7) is 0. The van der Waals surface area contributed by atoms with Crippen molar-refractivity contribution in [3.05, 3.63) is 23.9 Å². The van der Waals surface area contributed by atoms with Crippen LogP contribution < -0.4 is 11.1 Å². The highest BCUT2D eigenvalue weighted by molar-refractivity contribution is 5.32. The summed E-state index contributed by atoms with van der Waals surface area (Å²) in [5, 5.41) is 3.38. The van der Waals surface area contributed by atoms with Crippen LogP contribution >= 0.6 is 0 Å². The van der Waals surface area contributed by atoms with Crippen LogP contribution in [-0.4, -0.2) is 30.8 Å². The second-order valence-electron chi connectivity index (χ2n) is 4.76. The highest BCUT2D eigenvalue weighted by atomic mass is 16.5. The van der Waals surface area contributed by atoms with Crippen LogP contribution in [0.1, 0.15) is 24.8 Å². The quantitative estimate of drug-likeness (QED) is 0.809. The van der Waals surface area contributed by atoms with Crippen molar-refractivity contribution in [3.63, 3.8) is 0 Å². The second-order valence-corrected chi connectivity index (χ2v) is 4.76. The summed E-state index contributed by atoms with van der Waals surface area (Å²) in [6, 6.07) is 4.29. The monoisotopic (exact) mass is 235 g/mol. The highest BCUT2D eigenvalue weighted by Crippen LogP contribution is 2.39. The average Bonchev–Trinajstić information content (AvgIpc) is 2.27. The molecule has 1 heterocycles. The Bertz CT molecular complexity index is 371. The number of likely N-dealkylation sites (N-methyl/N-ethyl adjacent to an activating group) is 1. The number of aromatic nitrogens is 1. The van der Waals surface area contributed by atoms with E-state index in [2.05, 4.69) is 10.3 Å². The number of hydrogen-bond donors (Lipinski definition) is 2. The molecule has 0 radical (unpaired) electrons. The second kappa shape index (κ2) is 5.02. The van der Waals surface area contributed by atoms with Crippen molar-refractivity contribution in [2.75, 3.05) is 19.9 Å². The SMILES string of the molecule is CNC(Cc1ccnc(N)c1)C1(OC)CCC1. The van der Waals surface area contributed by atoms with Gasteiger partial charge in [0.05, 0.1) is 5.60 Å². The lowest BCUT2D eigenvalue weighted by molar-refractivity contribution is -0.0966. The number of nitrogens with two attached hydrogens (primary N) is 1. The first-order valence-electron chi connectivity index (χ1n) is 6.13. The first-order chi connectivity index (χ1) is 8.20. The molecular formula is C13H21N3O. The zero-order valence-corrected chi connectivity index (χ0v) is 10.6. The van der Waals surface area contributed by atoms with Crippen molar-refractivity contribution in [1.82, 2.24) is 10.3 Å². The maximum Gasteiger partial charge on any atom is 0.123 e. The molecule has 1 aromatic heterocycles. The minimum Gasteiger partial charge on any atom is -0.384 e. The lowest BCUT2D eigenvalue weighted by Crippen LogP contribution is -2.56. The third-order valence-corrected chi connectivity index (χ3v) is 3.88. The number of nitrogens with one attached hydrogen (secondary N) is 1. The predicted molar refractivity (Wildman–Crippen MR) is 68.8 cm³/mol. The topological polar surface area (TPSA) is 60.2 Å². The molecule has 0 bridgehead atoms. The summed E-state index contributed by atoms with van der Waals surface area (Å²) >= 11 is 0. The van der Waals surface area contributed by atoms with Gasteiger partial charge in [0.25, 0.3) is 0 Å². The standard InChI is InChI=1S/C13H21N3O/c1-15-11(13(17-2)5-3-6-13)8-10-4-7-16-12(14)9-10/h4,7,9,11,15H,3,5-6,8H2,1-2H3,(H2,14,16). The van der Waals surface area contributed by atoms with Gasteiger partial charge in [0, 0.05) is 19.3 Å².